The fourth-order valence-electron chi connectivity index (χ4n) is 5.24. The lowest BCUT2D eigenvalue weighted by Crippen LogP contribution is -2.45. The molecular weight excluding hydrogens is 595 g/mol. The number of benzene rings is 3. The second kappa shape index (κ2) is 12.7. The molecule has 1 fully saturated rings. The predicted molar refractivity (Wildman–Crippen MR) is 161 cm³/mol. The molecule has 43 heavy (non-hydrogen) atoms. The van der Waals surface area contributed by atoms with Crippen molar-refractivity contribution < 1.29 is 28.2 Å². The zero-order chi connectivity index (χ0) is 29.9. The van der Waals surface area contributed by atoms with Crippen LogP contribution in [0.25, 0.3) is 11.0 Å². The van der Waals surface area contributed by atoms with E-state index in [-0.39, 0.29) is 61.9 Å². The highest BCUT2D eigenvalue weighted by atomic mass is 35.5. The van der Waals surface area contributed by atoms with E-state index in [1.165, 1.54) is 16.1 Å². The molecule has 0 spiro atoms. The van der Waals surface area contributed by atoms with Crippen LogP contribution in [-0.2, 0) is 22.6 Å². The Labute approximate surface area is 257 Å². The van der Waals surface area contributed by atoms with Gasteiger partial charge < -0.3 is 28.4 Å². The van der Waals surface area contributed by atoms with Gasteiger partial charge in [0.25, 0.3) is 5.91 Å². The Balaban J connectivity index is 1.31. The Hall–Kier alpha value is -4.05. The van der Waals surface area contributed by atoms with Crippen LogP contribution in [0.5, 0.6) is 11.5 Å². The maximum absolute atomic E-state index is 14.0. The van der Waals surface area contributed by atoms with E-state index in [9.17, 15) is 14.4 Å². The van der Waals surface area contributed by atoms with Crippen molar-refractivity contribution >= 4 is 46.0 Å². The molecule has 0 N–H and O–H groups in total. The highest BCUT2D eigenvalue weighted by molar-refractivity contribution is 6.31. The molecule has 0 saturated carbocycles. The van der Waals surface area contributed by atoms with E-state index in [0.717, 1.165) is 18.4 Å². The summed E-state index contributed by atoms with van der Waals surface area (Å²) >= 11 is 12.2. The molecule has 1 saturated heterocycles. The summed E-state index contributed by atoms with van der Waals surface area (Å²) in [5.41, 5.74) is 1.55. The Morgan fingerprint density at radius 2 is 1.67 bits per heavy atom. The number of ether oxygens (including phenoxy) is 3. The molecule has 0 aliphatic carbocycles. The lowest BCUT2D eigenvalue weighted by atomic mass is 10.1. The second-order valence-electron chi connectivity index (χ2n) is 10.5. The van der Waals surface area contributed by atoms with Crippen molar-refractivity contribution in [2.24, 2.45) is 0 Å². The van der Waals surface area contributed by atoms with E-state index >= 15 is 0 Å². The zero-order valence-electron chi connectivity index (χ0n) is 23.1. The van der Waals surface area contributed by atoms with Crippen LogP contribution in [-0.4, -0.2) is 54.2 Å². The molecule has 11 heteroatoms. The summed E-state index contributed by atoms with van der Waals surface area (Å²) < 4.78 is 22.5. The van der Waals surface area contributed by atoms with Crippen molar-refractivity contribution in [2.75, 3.05) is 26.5 Å². The van der Waals surface area contributed by atoms with Gasteiger partial charge in [0, 0.05) is 35.3 Å². The first-order valence-corrected chi connectivity index (χ1v) is 14.6. The number of hydrogen-bond acceptors (Lipinski definition) is 7. The highest BCUT2D eigenvalue weighted by Crippen LogP contribution is 2.33. The summed E-state index contributed by atoms with van der Waals surface area (Å²) in [6.07, 6.45) is 2.87. The Kier molecular flexibility index (Phi) is 8.56. The molecule has 6 rings (SSSR count). The SMILES string of the molecule is O=C(CN(CC1CCCO1)C(=O)c1ccc(Cl)cc1)N(Cc1ccc2c(c1)OCO2)Cc1coc2ccc(Cl)cc2c1=O. The number of rotatable bonds is 9. The van der Waals surface area contributed by atoms with Gasteiger partial charge in [-0.05, 0) is 73.0 Å². The summed E-state index contributed by atoms with van der Waals surface area (Å²) in [7, 11) is 0. The van der Waals surface area contributed by atoms with E-state index in [2.05, 4.69) is 0 Å². The molecule has 2 amide bonds. The molecule has 3 heterocycles. The lowest BCUT2D eigenvalue weighted by molar-refractivity contribution is -0.133. The average molecular weight is 623 g/mol. The van der Waals surface area contributed by atoms with E-state index in [1.807, 2.05) is 6.07 Å². The summed E-state index contributed by atoms with van der Waals surface area (Å²) in [5, 5.41) is 1.22. The minimum absolute atomic E-state index is 0.0546. The van der Waals surface area contributed by atoms with Gasteiger partial charge in [0.2, 0.25) is 12.7 Å². The first-order chi connectivity index (χ1) is 20.8. The van der Waals surface area contributed by atoms with Gasteiger partial charge in [-0.3, -0.25) is 14.4 Å². The molecule has 222 valence electrons. The van der Waals surface area contributed by atoms with Crippen molar-refractivity contribution in [3.63, 3.8) is 0 Å². The molecule has 9 nitrogen and oxygen atoms in total. The molecule has 1 aromatic heterocycles. The van der Waals surface area contributed by atoms with Crippen LogP contribution >= 0.6 is 23.2 Å². The lowest BCUT2D eigenvalue weighted by Gasteiger charge is -2.29. The highest BCUT2D eigenvalue weighted by Gasteiger charge is 2.28. The molecule has 1 atom stereocenters. The molecule has 2 aliphatic heterocycles. The summed E-state index contributed by atoms with van der Waals surface area (Å²) in [6, 6.07) is 16.8. The third-order valence-corrected chi connectivity index (χ3v) is 7.97. The van der Waals surface area contributed by atoms with Crippen molar-refractivity contribution in [3.8, 4) is 11.5 Å². The number of carbonyl (C=O) groups is 2. The molecular formula is C32H28Cl2N2O7. The topological polar surface area (TPSA) is 98.5 Å². The Morgan fingerprint density at radius 1 is 0.884 bits per heavy atom. The van der Waals surface area contributed by atoms with Crippen molar-refractivity contribution in [1.29, 1.82) is 0 Å². The number of fused-ring (bicyclic) bond motifs is 2. The molecule has 2 aliphatic rings. The van der Waals surface area contributed by atoms with Gasteiger partial charge >= 0.3 is 0 Å². The normalized spacial score (nSPS) is 15.5. The first kappa shape index (κ1) is 29.0. The van der Waals surface area contributed by atoms with Crippen LogP contribution in [0.4, 0.5) is 0 Å². The predicted octanol–water partition coefficient (Wildman–Crippen LogP) is 5.68. The van der Waals surface area contributed by atoms with Crippen LogP contribution in [0, 0.1) is 0 Å². The summed E-state index contributed by atoms with van der Waals surface area (Å²) in [4.78, 5) is 44.1. The van der Waals surface area contributed by atoms with Crippen LogP contribution in [0.2, 0.25) is 10.0 Å². The van der Waals surface area contributed by atoms with Crippen LogP contribution in [0.15, 0.2) is 76.1 Å². The molecule has 1 unspecified atom stereocenters. The molecule has 0 bridgehead atoms. The number of hydrogen-bond donors (Lipinski definition) is 0. The fourth-order valence-corrected chi connectivity index (χ4v) is 5.54. The zero-order valence-corrected chi connectivity index (χ0v) is 24.6. The minimum atomic E-state index is -0.358. The number of carbonyl (C=O) groups excluding carboxylic acids is 2. The smallest absolute Gasteiger partial charge is 0.254 e. The van der Waals surface area contributed by atoms with Gasteiger partial charge in [-0.1, -0.05) is 29.3 Å². The number of halogens is 2. The molecule has 4 aromatic rings. The second-order valence-corrected chi connectivity index (χ2v) is 11.4. The standard InChI is InChI=1S/C32H28Cl2N2O7/c33-23-6-4-21(5-7-23)32(39)36(16-25-2-1-11-40-25)17-30(37)35(14-20-3-9-28-29(12-20)43-19-42-28)15-22-18-41-27-10-8-24(34)13-26(27)31(22)38/h3-10,12-13,18,25H,1-2,11,14-17,19H2. The van der Waals surface area contributed by atoms with E-state index < -0.39 is 0 Å². The Bertz CT molecular complexity index is 1720. The van der Waals surface area contributed by atoms with E-state index in [1.54, 1.807) is 54.6 Å². The molecule has 3 aromatic carbocycles. The van der Waals surface area contributed by atoms with Crippen molar-refractivity contribution in [2.45, 2.75) is 32.0 Å². The monoisotopic (exact) mass is 622 g/mol. The van der Waals surface area contributed by atoms with Crippen LogP contribution in [0.3, 0.4) is 0 Å². The quantitative estimate of drug-likeness (QED) is 0.237. The molecule has 0 radical (unpaired) electrons. The number of nitrogens with zero attached hydrogens (tertiary/aromatic N) is 2. The van der Waals surface area contributed by atoms with Crippen molar-refractivity contribution in [3.05, 3.63) is 104 Å². The van der Waals surface area contributed by atoms with Gasteiger partial charge in [0.1, 0.15) is 12.1 Å². The third-order valence-electron chi connectivity index (χ3n) is 7.48. The van der Waals surface area contributed by atoms with E-state index in [0.29, 0.717) is 44.7 Å². The van der Waals surface area contributed by atoms with Crippen LogP contribution < -0.4 is 14.9 Å². The first-order valence-electron chi connectivity index (χ1n) is 13.9. The summed E-state index contributed by atoms with van der Waals surface area (Å²) in [5.74, 6) is 0.514. The minimum Gasteiger partial charge on any atom is -0.464 e. The van der Waals surface area contributed by atoms with Gasteiger partial charge in [-0.25, -0.2) is 0 Å². The largest absolute Gasteiger partial charge is 0.464 e. The van der Waals surface area contributed by atoms with Crippen LogP contribution in [0.1, 0.15) is 34.3 Å². The van der Waals surface area contributed by atoms with Gasteiger partial charge in [-0.15, -0.1) is 0 Å². The maximum atomic E-state index is 14.0. The average Bonchev–Trinajstić information content (AvgIpc) is 3.70. The Morgan fingerprint density at radius 3 is 2.47 bits per heavy atom. The van der Waals surface area contributed by atoms with E-state index in [4.69, 9.17) is 41.8 Å². The summed E-state index contributed by atoms with van der Waals surface area (Å²) in [6.45, 7) is 0.845. The van der Waals surface area contributed by atoms with Crippen molar-refractivity contribution in [1.82, 2.24) is 9.80 Å². The fraction of sp³-hybridized carbons (Fsp3) is 0.281. The van der Waals surface area contributed by atoms with Gasteiger partial charge in [0.15, 0.2) is 16.9 Å². The van der Waals surface area contributed by atoms with Gasteiger partial charge in [-0.2, -0.15) is 0 Å². The third kappa shape index (κ3) is 6.64. The maximum Gasteiger partial charge on any atom is 0.254 e. The number of amides is 2. The van der Waals surface area contributed by atoms with Gasteiger partial charge in [0.05, 0.1) is 29.9 Å².